The molecule has 40 heavy (non-hydrogen) atoms. The van der Waals surface area contributed by atoms with Crippen LogP contribution in [0.2, 0.25) is 0 Å². The normalized spacial score (nSPS) is 14.2. The van der Waals surface area contributed by atoms with E-state index in [4.69, 9.17) is 11.5 Å². The summed E-state index contributed by atoms with van der Waals surface area (Å²) in [5.74, 6) is -2.01. The fraction of sp³-hybridized carbons (Fsp3) is 0.467. The maximum atomic E-state index is 13.4. The zero-order chi connectivity index (χ0) is 29.8. The number of rotatable bonds is 15. The predicted molar refractivity (Wildman–Crippen MR) is 154 cm³/mol. The number of phenols is 1. The van der Waals surface area contributed by atoms with Gasteiger partial charge < -0.3 is 32.5 Å². The third kappa shape index (κ3) is 11.1. The standard InChI is InChI=1S/C30H43N5O5/c1-18(2)14-25(34-28(38)23(31)16-21-10-12-22(36)13-11-21)30(40)35-26(15-19(3)4)29(39)33-24(27(32)37)17-20-8-6-5-7-9-20/h5-13,18-19,23-26,36H,14-17,31H2,1-4H3,(H2,32,37)(H,33,39)(H,34,38)(H,35,40). The molecule has 0 radical (unpaired) electrons. The summed E-state index contributed by atoms with van der Waals surface area (Å²) in [7, 11) is 0. The molecular weight excluding hydrogens is 510 g/mol. The van der Waals surface area contributed by atoms with E-state index in [0.717, 1.165) is 11.1 Å². The van der Waals surface area contributed by atoms with Crippen molar-refractivity contribution >= 4 is 23.6 Å². The van der Waals surface area contributed by atoms with Gasteiger partial charge in [0.1, 0.15) is 23.9 Å². The van der Waals surface area contributed by atoms with Crippen molar-refractivity contribution in [2.24, 2.45) is 23.3 Å². The van der Waals surface area contributed by atoms with E-state index in [1.54, 1.807) is 12.1 Å². The maximum Gasteiger partial charge on any atom is 0.243 e. The van der Waals surface area contributed by atoms with Crippen molar-refractivity contribution in [2.45, 2.75) is 77.5 Å². The molecule has 0 aliphatic heterocycles. The second-order valence-electron chi connectivity index (χ2n) is 11.0. The molecule has 2 aromatic rings. The molecule has 0 aliphatic carbocycles. The zero-order valence-corrected chi connectivity index (χ0v) is 23.7. The highest BCUT2D eigenvalue weighted by Gasteiger charge is 2.31. The Labute approximate surface area is 236 Å². The number of benzene rings is 2. The smallest absolute Gasteiger partial charge is 0.243 e. The molecule has 0 fully saturated rings. The molecule has 10 heteroatoms. The number of nitrogens with two attached hydrogens (primary N) is 2. The van der Waals surface area contributed by atoms with Crippen molar-refractivity contribution in [3.8, 4) is 5.75 Å². The van der Waals surface area contributed by atoms with Crippen LogP contribution in [0.25, 0.3) is 0 Å². The number of phenolic OH excluding ortho intramolecular Hbond substituents is 1. The van der Waals surface area contributed by atoms with Crippen LogP contribution in [-0.2, 0) is 32.0 Å². The molecule has 0 aliphatic rings. The van der Waals surface area contributed by atoms with Crippen LogP contribution in [0.4, 0.5) is 0 Å². The van der Waals surface area contributed by atoms with Gasteiger partial charge in [0.25, 0.3) is 0 Å². The van der Waals surface area contributed by atoms with Crippen molar-refractivity contribution in [1.82, 2.24) is 16.0 Å². The van der Waals surface area contributed by atoms with E-state index in [2.05, 4.69) is 16.0 Å². The molecule has 218 valence electrons. The van der Waals surface area contributed by atoms with Crippen molar-refractivity contribution in [1.29, 1.82) is 0 Å². The number of primary amides is 1. The molecule has 4 atom stereocenters. The summed E-state index contributed by atoms with van der Waals surface area (Å²) in [6.45, 7) is 7.67. The van der Waals surface area contributed by atoms with Crippen LogP contribution in [0.3, 0.4) is 0 Å². The summed E-state index contributed by atoms with van der Waals surface area (Å²) in [6.07, 6.45) is 1.08. The Hall–Kier alpha value is -3.92. The van der Waals surface area contributed by atoms with Crippen LogP contribution in [0.1, 0.15) is 51.7 Å². The number of amides is 4. The predicted octanol–water partition coefficient (Wildman–Crippen LogP) is 1.54. The lowest BCUT2D eigenvalue weighted by atomic mass is 9.98. The molecule has 4 unspecified atom stereocenters. The fourth-order valence-corrected chi connectivity index (χ4v) is 4.28. The minimum atomic E-state index is -0.953. The Morgan fingerprint density at radius 3 is 1.60 bits per heavy atom. The average molecular weight is 554 g/mol. The van der Waals surface area contributed by atoms with Crippen molar-refractivity contribution in [3.63, 3.8) is 0 Å². The van der Waals surface area contributed by atoms with Gasteiger partial charge in [-0.1, -0.05) is 70.2 Å². The molecule has 10 nitrogen and oxygen atoms in total. The molecular formula is C30H43N5O5. The summed E-state index contributed by atoms with van der Waals surface area (Å²) in [4.78, 5) is 51.7. The van der Waals surface area contributed by atoms with Gasteiger partial charge in [0, 0.05) is 6.42 Å². The molecule has 8 N–H and O–H groups in total. The molecule has 0 saturated carbocycles. The molecule has 4 amide bonds. The quantitative estimate of drug-likeness (QED) is 0.195. The molecule has 0 saturated heterocycles. The van der Waals surface area contributed by atoms with E-state index >= 15 is 0 Å². The van der Waals surface area contributed by atoms with E-state index in [0.29, 0.717) is 12.8 Å². The number of aromatic hydroxyl groups is 1. The molecule has 0 heterocycles. The van der Waals surface area contributed by atoms with Crippen molar-refractivity contribution in [2.75, 3.05) is 0 Å². The van der Waals surface area contributed by atoms with Gasteiger partial charge in [-0.2, -0.15) is 0 Å². The fourth-order valence-electron chi connectivity index (χ4n) is 4.28. The topological polar surface area (TPSA) is 177 Å². The van der Waals surface area contributed by atoms with E-state index in [-0.39, 0.29) is 30.4 Å². The molecule has 0 bridgehead atoms. The van der Waals surface area contributed by atoms with Gasteiger partial charge in [-0.3, -0.25) is 19.2 Å². The first-order chi connectivity index (χ1) is 18.8. The van der Waals surface area contributed by atoms with E-state index in [9.17, 15) is 24.3 Å². The Balaban J connectivity index is 2.12. The summed E-state index contributed by atoms with van der Waals surface area (Å²) in [5.41, 5.74) is 13.3. The zero-order valence-electron chi connectivity index (χ0n) is 23.7. The Morgan fingerprint density at radius 2 is 1.12 bits per heavy atom. The molecule has 0 aromatic heterocycles. The van der Waals surface area contributed by atoms with E-state index < -0.39 is 47.8 Å². The van der Waals surface area contributed by atoms with Gasteiger partial charge in [0.15, 0.2) is 0 Å². The molecule has 2 aromatic carbocycles. The number of carbonyl (C=O) groups excluding carboxylic acids is 4. The Bertz CT molecular complexity index is 1120. The minimum Gasteiger partial charge on any atom is -0.508 e. The lowest BCUT2D eigenvalue weighted by Gasteiger charge is -2.27. The highest BCUT2D eigenvalue weighted by Crippen LogP contribution is 2.13. The summed E-state index contributed by atoms with van der Waals surface area (Å²) < 4.78 is 0. The van der Waals surface area contributed by atoms with Crippen LogP contribution in [0.15, 0.2) is 54.6 Å². The summed E-state index contributed by atoms with van der Waals surface area (Å²) in [6, 6.07) is 11.8. The molecule has 2 rings (SSSR count). The van der Waals surface area contributed by atoms with E-state index in [1.165, 1.54) is 12.1 Å². The van der Waals surface area contributed by atoms with Crippen LogP contribution < -0.4 is 27.4 Å². The van der Waals surface area contributed by atoms with Crippen LogP contribution in [0, 0.1) is 11.8 Å². The first kappa shape index (κ1) is 32.3. The SMILES string of the molecule is CC(C)CC(NC(=O)C(N)Cc1ccc(O)cc1)C(=O)NC(CC(C)C)C(=O)NC(Cc1ccccc1)C(N)=O. The van der Waals surface area contributed by atoms with Gasteiger partial charge in [0.05, 0.1) is 6.04 Å². The summed E-state index contributed by atoms with van der Waals surface area (Å²) >= 11 is 0. The first-order valence-corrected chi connectivity index (χ1v) is 13.6. The monoisotopic (exact) mass is 553 g/mol. The number of nitrogens with one attached hydrogen (secondary N) is 3. The van der Waals surface area contributed by atoms with E-state index in [1.807, 2.05) is 58.0 Å². The highest BCUT2D eigenvalue weighted by atomic mass is 16.3. The van der Waals surface area contributed by atoms with Crippen LogP contribution in [0.5, 0.6) is 5.75 Å². The van der Waals surface area contributed by atoms with Crippen molar-refractivity contribution < 1.29 is 24.3 Å². The summed E-state index contributed by atoms with van der Waals surface area (Å²) in [5, 5.41) is 17.7. The third-order valence-electron chi connectivity index (χ3n) is 6.35. The Morgan fingerprint density at radius 1 is 0.675 bits per heavy atom. The van der Waals surface area contributed by atoms with Gasteiger partial charge in [-0.05, 0) is 54.4 Å². The van der Waals surface area contributed by atoms with Gasteiger partial charge in [-0.15, -0.1) is 0 Å². The van der Waals surface area contributed by atoms with Gasteiger partial charge in [-0.25, -0.2) is 0 Å². The first-order valence-electron chi connectivity index (χ1n) is 13.6. The second-order valence-corrected chi connectivity index (χ2v) is 11.0. The maximum absolute atomic E-state index is 13.4. The largest absolute Gasteiger partial charge is 0.508 e. The number of hydrogen-bond acceptors (Lipinski definition) is 6. The third-order valence-corrected chi connectivity index (χ3v) is 6.35. The lowest BCUT2D eigenvalue weighted by Crippen LogP contribution is -2.58. The van der Waals surface area contributed by atoms with Gasteiger partial charge in [0.2, 0.25) is 23.6 Å². The number of carbonyl (C=O) groups is 4. The number of hydrogen-bond donors (Lipinski definition) is 6. The van der Waals surface area contributed by atoms with Gasteiger partial charge >= 0.3 is 0 Å². The van der Waals surface area contributed by atoms with Crippen LogP contribution >= 0.6 is 0 Å². The highest BCUT2D eigenvalue weighted by molar-refractivity contribution is 5.94. The second kappa shape index (κ2) is 15.6. The lowest BCUT2D eigenvalue weighted by molar-refractivity contribution is -0.134. The van der Waals surface area contributed by atoms with Crippen LogP contribution in [-0.4, -0.2) is 52.9 Å². The Kier molecular flexibility index (Phi) is 12.6. The average Bonchev–Trinajstić information content (AvgIpc) is 2.88. The van der Waals surface area contributed by atoms with Crippen molar-refractivity contribution in [3.05, 3.63) is 65.7 Å². The molecule has 0 spiro atoms. The minimum absolute atomic E-state index is 0.0501.